The van der Waals surface area contributed by atoms with E-state index in [2.05, 4.69) is 42.3 Å². The fourth-order valence-corrected chi connectivity index (χ4v) is 1.58. The standard InChI is InChI=1S/C13H15N/c1-10-3-6-12(7-4-10)13-8-5-11(2)14-9-13/h3,5-10H,4H2,1-2H3. The first-order chi connectivity index (χ1) is 6.75. The van der Waals surface area contributed by atoms with Crippen molar-refractivity contribution < 1.29 is 0 Å². The number of pyridine rings is 1. The van der Waals surface area contributed by atoms with Crippen molar-refractivity contribution in [1.29, 1.82) is 0 Å². The van der Waals surface area contributed by atoms with Gasteiger partial charge in [-0.25, -0.2) is 0 Å². The van der Waals surface area contributed by atoms with Gasteiger partial charge in [0, 0.05) is 11.9 Å². The predicted molar refractivity (Wildman–Crippen MR) is 59.9 cm³/mol. The highest BCUT2D eigenvalue weighted by atomic mass is 14.7. The molecule has 0 bridgehead atoms. The Hall–Kier alpha value is -1.37. The number of aryl methyl sites for hydroxylation is 1. The summed E-state index contributed by atoms with van der Waals surface area (Å²) in [5.74, 6) is 0.678. The van der Waals surface area contributed by atoms with E-state index >= 15 is 0 Å². The molecule has 72 valence electrons. The van der Waals surface area contributed by atoms with Crippen LogP contribution < -0.4 is 0 Å². The summed E-state index contributed by atoms with van der Waals surface area (Å²) in [5.41, 5.74) is 3.59. The van der Waals surface area contributed by atoms with Gasteiger partial charge in [-0.1, -0.05) is 31.2 Å². The van der Waals surface area contributed by atoms with Crippen LogP contribution in [0.5, 0.6) is 0 Å². The monoisotopic (exact) mass is 185 g/mol. The Bertz CT molecular complexity index is 371. The zero-order valence-electron chi connectivity index (χ0n) is 8.70. The Kier molecular flexibility index (Phi) is 2.49. The van der Waals surface area contributed by atoms with Crippen molar-refractivity contribution in [2.45, 2.75) is 20.3 Å². The van der Waals surface area contributed by atoms with Crippen LogP contribution in [0.3, 0.4) is 0 Å². The molecule has 1 heterocycles. The number of rotatable bonds is 1. The molecule has 1 aromatic rings. The highest BCUT2D eigenvalue weighted by molar-refractivity contribution is 5.74. The smallest absolute Gasteiger partial charge is 0.0373 e. The Labute approximate surface area is 85.2 Å². The van der Waals surface area contributed by atoms with Gasteiger partial charge in [-0.05, 0) is 36.5 Å². The van der Waals surface area contributed by atoms with E-state index in [1.54, 1.807) is 0 Å². The quantitative estimate of drug-likeness (QED) is 0.653. The molecule has 0 amide bonds. The molecule has 0 radical (unpaired) electrons. The van der Waals surface area contributed by atoms with E-state index in [1.807, 2.05) is 13.1 Å². The van der Waals surface area contributed by atoms with Crippen LogP contribution in [0, 0.1) is 12.8 Å². The summed E-state index contributed by atoms with van der Waals surface area (Å²) < 4.78 is 0. The Balaban J connectivity index is 2.24. The molecule has 2 rings (SSSR count). The lowest BCUT2D eigenvalue weighted by molar-refractivity contribution is 0.739. The van der Waals surface area contributed by atoms with Gasteiger partial charge in [0.2, 0.25) is 0 Å². The van der Waals surface area contributed by atoms with Gasteiger partial charge in [0.25, 0.3) is 0 Å². The normalized spacial score (nSPS) is 20.7. The summed E-state index contributed by atoms with van der Waals surface area (Å²) in [7, 11) is 0. The van der Waals surface area contributed by atoms with Crippen molar-refractivity contribution >= 4 is 5.57 Å². The van der Waals surface area contributed by atoms with Crippen molar-refractivity contribution in [2.24, 2.45) is 5.92 Å². The van der Waals surface area contributed by atoms with Gasteiger partial charge in [0.1, 0.15) is 0 Å². The fourth-order valence-electron chi connectivity index (χ4n) is 1.58. The zero-order valence-corrected chi connectivity index (χ0v) is 8.70. The third-order valence-electron chi connectivity index (χ3n) is 2.56. The van der Waals surface area contributed by atoms with Crippen LogP contribution in [-0.2, 0) is 0 Å². The molecule has 0 fully saturated rings. The molecule has 0 saturated heterocycles. The minimum absolute atomic E-state index is 0.678. The molecule has 0 aliphatic heterocycles. The summed E-state index contributed by atoms with van der Waals surface area (Å²) in [4.78, 5) is 4.30. The van der Waals surface area contributed by atoms with Crippen LogP contribution in [0.1, 0.15) is 24.6 Å². The van der Waals surface area contributed by atoms with Crippen LogP contribution in [0.4, 0.5) is 0 Å². The molecule has 0 N–H and O–H groups in total. The van der Waals surface area contributed by atoms with Crippen LogP contribution in [0.25, 0.3) is 5.57 Å². The van der Waals surface area contributed by atoms with Gasteiger partial charge >= 0.3 is 0 Å². The van der Waals surface area contributed by atoms with E-state index in [0.29, 0.717) is 5.92 Å². The lowest BCUT2D eigenvalue weighted by atomic mass is 9.95. The van der Waals surface area contributed by atoms with Crippen LogP contribution >= 0.6 is 0 Å². The highest BCUT2D eigenvalue weighted by Gasteiger charge is 2.05. The van der Waals surface area contributed by atoms with Crippen molar-refractivity contribution in [3.63, 3.8) is 0 Å². The Morgan fingerprint density at radius 3 is 2.79 bits per heavy atom. The second-order valence-corrected chi connectivity index (χ2v) is 3.92. The fraction of sp³-hybridized carbons (Fsp3) is 0.308. The molecule has 1 unspecified atom stereocenters. The Morgan fingerprint density at radius 2 is 2.21 bits per heavy atom. The number of hydrogen-bond acceptors (Lipinski definition) is 1. The summed E-state index contributed by atoms with van der Waals surface area (Å²) in [6.07, 6.45) is 9.83. The number of allylic oxidation sites excluding steroid dienone is 4. The molecule has 14 heavy (non-hydrogen) atoms. The van der Waals surface area contributed by atoms with Gasteiger partial charge in [0.15, 0.2) is 0 Å². The van der Waals surface area contributed by atoms with E-state index in [4.69, 9.17) is 0 Å². The van der Waals surface area contributed by atoms with Gasteiger partial charge in [-0.3, -0.25) is 4.98 Å². The molecule has 1 nitrogen and oxygen atoms in total. The maximum atomic E-state index is 4.30. The largest absolute Gasteiger partial charge is 0.261 e. The molecule has 1 atom stereocenters. The molecular formula is C13H15N. The van der Waals surface area contributed by atoms with Gasteiger partial charge in [-0.15, -0.1) is 0 Å². The summed E-state index contributed by atoms with van der Waals surface area (Å²) in [5, 5.41) is 0. The van der Waals surface area contributed by atoms with Crippen molar-refractivity contribution in [3.8, 4) is 0 Å². The molecule has 0 spiro atoms. The molecule has 1 heteroatoms. The minimum atomic E-state index is 0.678. The van der Waals surface area contributed by atoms with E-state index in [1.165, 1.54) is 11.1 Å². The van der Waals surface area contributed by atoms with Crippen molar-refractivity contribution in [3.05, 3.63) is 47.8 Å². The van der Waals surface area contributed by atoms with E-state index < -0.39 is 0 Å². The lowest BCUT2D eigenvalue weighted by Crippen LogP contribution is -1.94. The number of aromatic nitrogens is 1. The lowest BCUT2D eigenvalue weighted by Gasteiger charge is -2.11. The van der Waals surface area contributed by atoms with E-state index in [9.17, 15) is 0 Å². The first-order valence-electron chi connectivity index (χ1n) is 5.07. The van der Waals surface area contributed by atoms with Crippen molar-refractivity contribution in [1.82, 2.24) is 4.98 Å². The maximum absolute atomic E-state index is 4.30. The van der Waals surface area contributed by atoms with Gasteiger partial charge in [-0.2, -0.15) is 0 Å². The molecule has 1 aliphatic rings. The molecule has 0 aromatic carbocycles. The average Bonchev–Trinajstić information content (AvgIpc) is 2.21. The van der Waals surface area contributed by atoms with Gasteiger partial charge in [0.05, 0.1) is 0 Å². The summed E-state index contributed by atoms with van der Waals surface area (Å²) in [6, 6.07) is 4.19. The SMILES string of the molecule is Cc1ccc(C2=CCC(C)C=C2)cn1. The highest BCUT2D eigenvalue weighted by Crippen LogP contribution is 2.23. The second kappa shape index (κ2) is 3.79. The number of hydrogen-bond donors (Lipinski definition) is 0. The first kappa shape index (κ1) is 9.20. The second-order valence-electron chi connectivity index (χ2n) is 3.92. The Morgan fingerprint density at radius 1 is 1.36 bits per heavy atom. The third-order valence-corrected chi connectivity index (χ3v) is 2.56. The summed E-state index contributed by atoms with van der Waals surface area (Å²) in [6.45, 7) is 4.24. The average molecular weight is 185 g/mol. The van der Waals surface area contributed by atoms with Crippen molar-refractivity contribution in [2.75, 3.05) is 0 Å². The zero-order chi connectivity index (χ0) is 9.97. The van der Waals surface area contributed by atoms with E-state index in [0.717, 1.165) is 12.1 Å². The predicted octanol–water partition coefficient (Wildman–Crippen LogP) is 3.37. The van der Waals surface area contributed by atoms with E-state index in [-0.39, 0.29) is 0 Å². The number of nitrogens with zero attached hydrogens (tertiary/aromatic N) is 1. The topological polar surface area (TPSA) is 12.9 Å². The molecule has 1 aliphatic carbocycles. The maximum Gasteiger partial charge on any atom is 0.0373 e. The molecular weight excluding hydrogens is 170 g/mol. The third kappa shape index (κ3) is 1.92. The summed E-state index contributed by atoms with van der Waals surface area (Å²) >= 11 is 0. The van der Waals surface area contributed by atoms with Gasteiger partial charge < -0.3 is 0 Å². The molecule has 0 saturated carbocycles. The van der Waals surface area contributed by atoms with Crippen LogP contribution in [0.15, 0.2) is 36.6 Å². The minimum Gasteiger partial charge on any atom is -0.261 e. The van der Waals surface area contributed by atoms with Crippen LogP contribution in [0.2, 0.25) is 0 Å². The first-order valence-corrected chi connectivity index (χ1v) is 5.07. The van der Waals surface area contributed by atoms with Crippen LogP contribution in [-0.4, -0.2) is 4.98 Å². The molecule has 1 aromatic heterocycles.